The van der Waals surface area contributed by atoms with Gasteiger partial charge in [-0.2, -0.15) is 0 Å². The maximum atomic E-state index is 5.22. The first-order chi connectivity index (χ1) is 7.76. The molecule has 1 fully saturated rings. The summed E-state index contributed by atoms with van der Waals surface area (Å²) in [4.78, 5) is 0. The third-order valence-electron chi connectivity index (χ3n) is 3.44. The van der Waals surface area contributed by atoms with Crippen LogP contribution in [0.4, 0.5) is 0 Å². The van der Waals surface area contributed by atoms with Gasteiger partial charge in [-0.05, 0) is 44.1 Å². The Bertz CT molecular complexity index is 168. The molecule has 0 saturated heterocycles. The maximum Gasteiger partial charge on any atom is 0.0488 e. The quantitative estimate of drug-likeness (QED) is 0.619. The lowest BCUT2D eigenvalue weighted by atomic mass is 9.97. The third-order valence-corrected chi connectivity index (χ3v) is 3.44. The van der Waals surface area contributed by atoms with Crippen molar-refractivity contribution in [2.75, 3.05) is 20.3 Å². The standard InChI is InChI=1S/C14H29NO/c1-4-9-15-14(8-7-13-5-6-13)10-12(2)11-16-3/h12-15H,4-11H2,1-3H3. The Hall–Kier alpha value is -0.0800. The highest BCUT2D eigenvalue weighted by Crippen LogP contribution is 2.34. The molecule has 2 nitrogen and oxygen atoms in total. The van der Waals surface area contributed by atoms with Crippen LogP contribution in [0.3, 0.4) is 0 Å². The molecule has 0 aromatic heterocycles. The van der Waals surface area contributed by atoms with Gasteiger partial charge in [-0.1, -0.05) is 26.7 Å². The van der Waals surface area contributed by atoms with Crippen molar-refractivity contribution in [1.82, 2.24) is 5.32 Å². The van der Waals surface area contributed by atoms with E-state index in [0.717, 1.165) is 19.1 Å². The molecule has 0 amide bonds. The molecule has 0 heterocycles. The lowest BCUT2D eigenvalue weighted by molar-refractivity contribution is 0.148. The summed E-state index contributed by atoms with van der Waals surface area (Å²) in [6, 6.07) is 0.714. The molecular weight excluding hydrogens is 198 g/mol. The monoisotopic (exact) mass is 227 g/mol. The third kappa shape index (κ3) is 6.49. The molecule has 0 bridgehead atoms. The van der Waals surface area contributed by atoms with Gasteiger partial charge >= 0.3 is 0 Å². The van der Waals surface area contributed by atoms with Crippen molar-refractivity contribution in [2.24, 2.45) is 11.8 Å². The number of hydrogen-bond donors (Lipinski definition) is 1. The summed E-state index contributed by atoms with van der Waals surface area (Å²) >= 11 is 0. The van der Waals surface area contributed by atoms with E-state index in [9.17, 15) is 0 Å². The van der Waals surface area contributed by atoms with E-state index in [1.165, 1.54) is 38.5 Å². The van der Waals surface area contributed by atoms with Gasteiger partial charge in [0.25, 0.3) is 0 Å². The molecule has 0 spiro atoms. The van der Waals surface area contributed by atoms with Crippen molar-refractivity contribution in [1.29, 1.82) is 0 Å². The first-order valence-corrected chi connectivity index (χ1v) is 6.98. The number of methoxy groups -OCH3 is 1. The summed E-state index contributed by atoms with van der Waals surface area (Å²) in [6.45, 7) is 6.59. The zero-order valence-electron chi connectivity index (χ0n) is 11.3. The van der Waals surface area contributed by atoms with Crippen LogP contribution >= 0.6 is 0 Å². The number of ether oxygens (including phenoxy) is 1. The second kappa shape index (κ2) is 8.08. The predicted molar refractivity (Wildman–Crippen MR) is 69.7 cm³/mol. The summed E-state index contributed by atoms with van der Waals surface area (Å²) in [5.74, 6) is 1.74. The first kappa shape index (κ1) is 14.0. The number of nitrogens with one attached hydrogen (secondary N) is 1. The average Bonchev–Trinajstić information content (AvgIpc) is 3.06. The van der Waals surface area contributed by atoms with E-state index in [-0.39, 0.29) is 0 Å². The van der Waals surface area contributed by atoms with Crippen LogP contribution in [0.2, 0.25) is 0 Å². The van der Waals surface area contributed by atoms with Gasteiger partial charge in [-0.3, -0.25) is 0 Å². The van der Waals surface area contributed by atoms with Crippen molar-refractivity contribution >= 4 is 0 Å². The van der Waals surface area contributed by atoms with Gasteiger partial charge in [0.15, 0.2) is 0 Å². The molecule has 2 unspecified atom stereocenters. The Morgan fingerprint density at radius 1 is 1.38 bits per heavy atom. The summed E-state index contributed by atoms with van der Waals surface area (Å²) in [7, 11) is 1.80. The zero-order chi connectivity index (χ0) is 11.8. The molecule has 96 valence electrons. The molecule has 1 rings (SSSR count). The number of rotatable bonds is 10. The fourth-order valence-electron chi connectivity index (χ4n) is 2.33. The van der Waals surface area contributed by atoms with Crippen molar-refractivity contribution in [2.45, 2.75) is 58.4 Å². The fraction of sp³-hybridized carbons (Fsp3) is 1.00. The molecule has 0 aliphatic heterocycles. The highest BCUT2D eigenvalue weighted by atomic mass is 16.5. The largest absolute Gasteiger partial charge is 0.384 e. The fourth-order valence-corrected chi connectivity index (χ4v) is 2.33. The van der Waals surface area contributed by atoms with Crippen molar-refractivity contribution in [3.63, 3.8) is 0 Å². The normalized spacial score (nSPS) is 19.7. The van der Waals surface area contributed by atoms with Gasteiger partial charge < -0.3 is 10.1 Å². The second-order valence-corrected chi connectivity index (χ2v) is 5.47. The predicted octanol–water partition coefficient (Wildman–Crippen LogP) is 3.22. The lowest BCUT2D eigenvalue weighted by Gasteiger charge is -2.22. The van der Waals surface area contributed by atoms with Crippen LogP contribution in [0.1, 0.15) is 52.4 Å². The van der Waals surface area contributed by atoms with Gasteiger partial charge in [0.05, 0.1) is 0 Å². The van der Waals surface area contributed by atoms with Crippen LogP contribution in [0.15, 0.2) is 0 Å². The molecule has 16 heavy (non-hydrogen) atoms. The molecule has 1 aliphatic carbocycles. The van der Waals surface area contributed by atoms with Crippen molar-refractivity contribution in [3.8, 4) is 0 Å². The van der Waals surface area contributed by atoms with E-state index in [0.29, 0.717) is 12.0 Å². The molecule has 0 aromatic rings. The summed E-state index contributed by atoms with van der Waals surface area (Å²) in [5.41, 5.74) is 0. The highest BCUT2D eigenvalue weighted by molar-refractivity contribution is 4.77. The van der Waals surface area contributed by atoms with Crippen LogP contribution in [-0.4, -0.2) is 26.3 Å². The Kier molecular flexibility index (Phi) is 7.06. The Labute approximate surface area is 101 Å². The summed E-state index contributed by atoms with van der Waals surface area (Å²) in [5, 5.41) is 3.69. The summed E-state index contributed by atoms with van der Waals surface area (Å²) < 4.78 is 5.22. The van der Waals surface area contributed by atoms with Crippen LogP contribution in [0, 0.1) is 11.8 Å². The van der Waals surface area contributed by atoms with Crippen LogP contribution in [0.25, 0.3) is 0 Å². The van der Waals surface area contributed by atoms with E-state index in [1.807, 2.05) is 0 Å². The van der Waals surface area contributed by atoms with Crippen LogP contribution < -0.4 is 5.32 Å². The Morgan fingerprint density at radius 2 is 2.12 bits per heavy atom. The topological polar surface area (TPSA) is 21.3 Å². The minimum absolute atomic E-state index is 0.679. The molecule has 2 heteroatoms. The van der Waals surface area contributed by atoms with E-state index in [2.05, 4.69) is 19.2 Å². The molecular formula is C14H29NO. The molecule has 2 atom stereocenters. The van der Waals surface area contributed by atoms with Gasteiger partial charge in [0.2, 0.25) is 0 Å². The molecule has 0 radical (unpaired) electrons. The first-order valence-electron chi connectivity index (χ1n) is 6.98. The zero-order valence-corrected chi connectivity index (χ0v) is 11.3. The molecule has 1 N–H and O–H groups in total. The summed E-state index contributed by atoms with van der Waals surface area (Å²) in [6.07, 6.45) is 8.25. The van der Waals surface area contributed by atoms with Gasteiger partial charge in [0.1, 0.15) is 0 Å². The molecule has 1 aliphatic rings. The highest BCUT2D eigenvalue weighted by Gasteiger charge is 2.22. The Morgan fingerprint density at radius 3 is 2.69 bits per heavy atom. The average molecular weight is 227 g/mol. The van der Waals surface area contributed by atoms with Crippen molar-refractivity contribution in [3.05, 3.63) is 0 Å². The van der Waals surface area contributed by atoms with Gasteiger partial charge in [-0.15, -0.1) is 0 Å². The van der Waals surface area contributed by atoms with Crippen molar-refractivity contribution < 1.29 is 4.74 Å². The van der Waals surface area contributed by atoms with Gasteiger partial charge in [0, 0.05) is 19.8 Å². The number of hydrogen-bond acceptors (Lipinski definition) is 2. The molecule has 0 aromatic carbocycles. The van der Waals surface area contributed by atoms with E-state index in [4.69, 9.17) is 4.74 Å². The lowest BCUT2D eigenvalue weighted by Crippen LogP contribution is -2.32. The van der Waals surface area contributed by atoms with E-state index >= 15 is 0 Å². The second-order valence-electron chi connectivity index (χ2n) is 5.47. The van der Waals surface area contributed by atoms with Crippen LogP contribution in [-0.2, 0) is 4.74 Å². The van der Waals surface area contributed by atoms with E-state index in [1.54, 1.807) is 7.11 Å². The minimum atomic E-state index is 0.679. The van der Waals surface area contributed by atoms with E-state index < -0.39 is 0 Å². The van der Waals surface area contributed by atoms with Crippen LogP contribution in [0.5, 0.6) is 0 Å². The smallest absolute Gasteiger partial charge is 0.0488 e. The Balaban J connectivity index is 2.17. The minimum Gasteiger partial charge on any atom is -0.384 e. The van der Waals surface area contributed by atoms with Gasteiger partial charge in [-0.25, -0.2) is 0 Å². The maximum absolute atomic E-state index is 5.22. The molecule has 1 saturated carbocycles. The SMILES string of the molecule is CCCNC(CCC1CC1)CC(C)COC.